The Kier molecular flexibility index (Phi) is 3.93. The first-order chi connectivity index (χ1) is 13.2. The van der Waals surface area contributed by atoms with Gasteiger partial charge in [-0.15, -0.1) is 0 Å². The standard InChI is InChI=1S/C22H24FN3O/c23-17-8-4-7-16(11-17)13-24-21(27)25-18-12-20-22(18)10-9-19(22)26(20)14-15-5-2-1-3-6-15/h1-8,11,18-20H,9-10,12-14H2,(H2,24,25,27). The molecule has 27 heavy (non-hydrogen) atoms. The van der Waals surface area contributed by atoms with Crippen molar-refractivity contribution in [3.8, 4) is 0 Å². The fourth-order valence-electron chi connectivity index (χ4n) is 5.44. The maximum atomic E-state index is 13.2. The largest absolute Gasteiger partial charge is 0.335 e. The lowest BCUT2D eigenvalue weighted by molar-refractivity contribution is -0.284. The topological polar surface area (TPSA) is 44.4 Å². The van der Waals surface area contributed by atoms with Crippen LogP contribution in [-0.4, -0.2) is 29.1 Å². The van der Waals surface area contributed by atoms with Crippen LogP contribution in [0.25, 0.3) is 0 Å². The van der Waals surface area contributed by atoms with Crippen molar-refractivity contribution in [2.75, 3.05) is 0 Å². The summed E-state index contributed by atoms with van der Waals surface area (Å²) in [6.07, 6.45) is 3.46. The van der Waals surface area contributed by atoms with Crippen molar-refractivity contribution in [1.82, 2.24) is 15.5 Å². The molecule has 4 unspecified atom stereocenters. The van der Waals surface area contributed by atoms with Crippen molar-refractivity contribution in [2.45, 2.75) is 50.5 Å². The van der Waals surface area contributed by atoms with Crippen LogP contribution in [0.4, 0.5) is 9.18 Å². The van der Waals surface area contributed by atoms with E-state index in [2.05, 4.69) is 45.9 Å². The molecular formula is C22H24FN3O. The van der Waals surface area contributed by atoms with Gasteiger partial charge < -0.3 is 10.6 Å². The van der Waals surface area contributed by atoms with Crippen molar-refractivity contribution in [3.05, 3.63) is 71.5 Å². The zero-order chi connectivity index (χ0) is 18.4. The van der Waals surface area contributed by atoms with Crippen molar-refractivity contribution in [3.63, 3.8) is 0 Å². The van der Waals surface area contributed by atoms with Crippen molar-refractivity contribution < 1.29 is 9.18 Å². The smallest absolute Gasteiger partial charge is 0.315 e. The fourth-order valence-corrected chi connectivity index (χ4v) is 5.44. The first-order valence-electron chi connectivity index (χ1n) is 9.75. The highest BCUT2D eigenvalue weighted by atomic mass is 19.1. The van der Waals surface area contributed by atoms with Gasteiger partial charge in [-0.1, -0.05) is 42.5 Å². The normalized spacial score (nSPS) is 30.8. The Labute approximate surface area is 158 Å². The van der Waals surface area contributed by atoms with E-state index < -0.39 is 0 Å². The number of rotatable bonds is 5. The summed E-state index contributed by atoms with van der Waals surface area (Å²) in [6, 6.07) is 18.3. The predicted molar refractivity (Wildman–Crippen MR) is 101 cm³/mol. The van der Waals surface area contributed by atoms with E-state index in [-0.39, 0.29) is 17.9 Å². The molecule has 5 rings (SSSR count). The molecule has 2 aromatic rings. The van der Waals surface area contributed by atoms with E-state index in [1.807, 2.05) is 6.07 Å². The Hall–Kier alpha value is -2.40. The van der Waals surface area contributed by atoms with Crippen LogP contribution in [0.3, 0.4) is 0 Å². The molecule has 3 aliphatic rings. The molecule has 0 radical (unpaired) electrons. The van der Waals surface area contributed by atoms with Crippen LogP contribution in [0, 0.1) is 11.2 Å². The van der Waals surface area contributed by atoms with Gasteiger partial charge in [-0.25, -0.2) is 9.18 Å². The van der Waals surface area contributed by atoms with Crippen LogP contribution < -0.4 is 10.6 Å². The van der Waals surface area contributed by atoms with Gasteiger partial charge in [0.2, 0.25) is 0 Å². The average Bonchev–Trinajstić information content (AvgIpc) is 2.63. The number of likely N-dealkylation sites (tertiary alicyclic amines) is 1. The summed E-state index contributed by atoms with van der Waals surface area (Å²) in [5.41, 5.74) is 2.43. The number of carbonyl (C=O) groups is 1. The molecule has 1 spiro atoms. The molecule has 2 aromatic carbocycles. The molecule has 2 amide bonds. The highest BCUT2D eigenvalue weighted by molar-refractivity contribution is 5.74. The molecule has 1 saturated heterocycles. The van der Waals surface area contributed by atoms with Crippen LogP contribution in [0.1, 0.15) is 30.4 Å². The molecular weight excluding hydrogens is 341 g/mol. The number of hydrogen-bond donors (Lipinski definition) is 2. The monoisotopic (exact) mass is 365 g/mol. The third-order valence-corrected chi connectivity index (χ3v) is 6.86. The highest BCUT2D eigenvalue weighted by Crippen LogP contribution is 2.68. The van der Waals surface area contributed by atoms with Gasteiger partial charge in [-0.05, 0) is 42.5 Å². The number of nitrogens with zero attached hydrogens (tertiary/aromatic N) is 1. The number of carbonyl (C=O) groups excluding carboxylic acids is 1. The summed E-state index contributed by atoms with van der Waals surface area (Å²) in [5, 5.41) is 6.03. The Bertz CT molecular complexity index is 850. The van der Waals surface area contributed by atoms with Gasteiger partial charge in [0.05, 0.1) is 0 Å². The third-order valence-electron chi connectivity index (χ3n) is 6.86. The maximum absolute atomic E-state index is 13.2. The quantitative estimate of drug-likeness (QED) is 0.853. The molecule has 0 aromatic heterocycles. The maximum Gasteiger partial charge on any atom is 0.315 e. The van der Waals surface area contributed by atoms with Gasteiger partial charge in [0.1, 0.15) is 5.82 Å². The van der Waals surface area contributed by atoms with Crippen molar-refractivity contribution in [2.24, 2.45) is 5.41 Å². The molecule has 3 fully saturated rings. The Balaban J connectivity index is 1.15. The number of hydrogen-bond acceptors (Lipinski definition) is 2. The summed E-state index contributed by atoms with van der Waals surface area (Å²) in [4.78, 5) is 14.9. The van der Waals surface area contributed by atoms with Crippen LogP contribution in [0.2, 0.25) is 0 Å². The lowest BCUT2D eigenvalue weighted by atomic mass is 9.40. The zero-order valence-electron chi connectivity index (χ0n) is 15.2. The number of nitrogens with one attached hydrogen (secondary N) is 2. The molecule has 1 aliphatic heterocycles. The SMILES string of the molecule is O=C(NCc1cccc(F)c1)NC1CC2N(Cc3ccccc3)C3CCC132. The minimum absolute atomic E-state index is 0.149. The van der Waals surface area contributed by atoms with E-state index in [1.165, 1.54) is 30.5 Å². The number of piperidine rings is 2. The number of amides is 2. The zero-order valence-corrected chi connectivity index (χ0v) is 15.2. The third kappa shape index (κ3) is 2.64. The lowest BCUT2D eigenvalue weighted by Crippen LogP contribution is -2.89. The second kappa shape index (κ2) is 6.34. The molecule has 2 N–H and O–H groups in total. The Morgan fingerprint density at radius 3 is 2.63 bits per heavy atom. The molecule has 0 bridgehead atoms. The van der Waals surface area contributed by atoms with Gasteiger partial charge in [-0.2, -0.15) is 0 Å². The van der Waals surface area contributed by atoms with Gasteiger partial charge in [0, 0.05) is 36.6 Å². The molecule has 2 saturated carbocycles. The molecule has 4 atom stereocenters. The lowest BCUT2D eigenvalue weighted by Gasteiger charge is -2.79. The second-order valence-corrected chi connectivity index (χ2v) is 8.09. The van der Waals surface area contributed by atoms with E-state index in [4.69, 9.17) is 0 Å². The average molecular weight is 365 g/mol. The molecule has 5 heteroatoms. The van der Waals surface area contributed by atoms with Crippen LogP contribution in [-0.2, 0) is 13.1 Å². The van der Waals surface area contributed by atoms with Crippen molar-refractivity contribution >= 4 is 6.03 Å². The summed E-state index contributed by atoms with van der Waals surface area (Å²) in [7, 11) is 0. The highest BCUT2D eigenvalue weighted by Gasteiger charge is 2.75. The van der Waals surface area contributed by atoms with E-state index in [0.717, 1.165) is 18.5 Å². The van der Waals surface area contributed by atoms with Crippen LogP contribution in [0.15, 0.2) is 54.6 Å². The number of benzene rings is 2. The molecule has 4 nitrogen and oxygen atoms in total. The van der Waals surface area contributed by atoms with Crippen LogP contribution in [0.5, 0.6) is 0 Å². The van der Waals surface area contributed by atoms with Gasteiger partial charge in [-0.3, -0.25) is 4.90 Å². The second-order valence-electron chi connectivity index (χ2n) is 8.09. The number of urea groups is 1. The summed E-state index contributed by atoms with van der Waals surface area (Å²) >= 11 is 0. The minimum atomic E-state index is -0.277. The Morgan fingerprint density at radius 2 is 1.93 bits per heavy atom. The number of halogens is 1. The van der Waals surface area contributed by atoms with E-state index in [1.54, 1.807) is 6.07 Å². The van der Waals surface area contributed by atoms with Crippen molar-refractivity contribution in [1.29, 1.82) is 0 Å². The summed E-state index contributed by atoms with van der Waals surface area (Å²) in [6.45, 7) is 1.35. The van der Waals surface area contributed by atoms with E-state index >= 15 is 0 Å². The van der Waals surface area contributed by atoms with Crippen LogP contribution >= 0.6 is 0 Å². The summed E-state index contributed by atoms with van der Waals surface area (Å²) in [5.74, 6) is -0.277. The fraction of sp³-hybridized carbons (Fsp3) is 0.409. The minimum Gasteiger partial charge on any atom is -0.335 e. The first-order valence-corrected chi connectivity index (χ1v) is 9.75. The van der Waals surface area contributed by atoms with E-state index in [9.17, 15) is 9.18 Å². The molecule has 1 heterocycles. The summed E-state index contributed by atoms with van der Waals surface area (Å²) < 4.78 is 13.2. The van der Waals surface area contributed by atoms with Gasteiger partial charge in [0.15, 0.2) is 0 Å². The Morgan fingerprint density at radius 1 is 1.11 bits per heavy atom. The van der Waals surface area contributed by atoms with Gasteiger partial charge in [0.25, 0.3) is 0 Å². The molecule has 2 aliphatic carbocycles. The predicted octanol–water partition coefficient (Wildman–Crippen LogP) is 3.43. The first kappa shape index (κ1) is 16.8. The van der Waals surface area contributed by atoms with Gasteiger partial charge >= 0.3 is 6.03 Å². The molecule has 140 valence electrons. The van der Waals surface area contributed by atoms with E-state index in [0.29, 0.717) is 24.0 Å².